The Morgan fingerprint density at radius 3 is 2.69 bits per heavy atom. The van der Waals surface area contributed by atoms with E-state index >= 15 is 0 Å². The highest BCUT2D eigenvalue weighted by Gasteiger charge is 2.03. The molecule has 72 valence electrons. The van der Waals surface area contributed by atoms with Crippen LogP contribution in [0.1, 0.15) is 13.8 Å². The summed E-state index contributed by atoms with van der Waals surface area (Å²) < 4.78 is 18.3. The molecule has 0 radical (unpaired) electrons. The standard InChI is InChI=1S/C10H14FNO/c1-7(2)6-13-10-4-3-8(12)5-9(10)11/h3-5,7H,6,12H2,1-2H3. The molecule has 1 aromatic carbocycles. The van der Waals surface area contributed by atoms with Crippen molar-refractivity contribution in [3.05, 3.63) is 24.0 Å². The summed E-state index contributed by atoms with van der Waals surface area (Å²) in [5, 5.41) is 0. The van der Waals surface area contributed by atoms with Crippen molar-refractivity contribution in [1.29, 1.82) is 0 Å². The largest absolute Gasteiger partial charge is 0.490 e. The maximum absolute atomic E-state index is 13.1. The number of hydrogen-bond acceptors (Lipinski definition) is 2. The maximum atomic E-state index is 13.1. The number of hydrogen-bond donors (Lipinski definition) is 1. The van der Waals surface area contributed by atoms with E-state index in [9.17, 15) is 4.39 Å². The quantitative estimate of drug-likeness (QED) is 0.730. The molecule has 0 fully saturated rings. The molecule has 3 heteroatoms. The van der Waals surface area contributed by atoms with Gasteiger partial charge in [-0.15, -0.1) is 0 Å². The Bertz CT molecular complexity index is 286. The number of nitrogen functional groups attached to an aromatic ring is 1. The van der Waals surface area contributed by atoms with Gasteiger partial charge in [0.05, 0.1) is 6.61 Å². The highest BCUT2D eigenvalue weighted by molar-refractivity contribution is 5.42. The molecular formula is C10H14FNO. The van der Waals surface area contributed by atoms with Gasteiger partial charge in [0.25, 0.3) is 0 Å². The van der Waals surface area contributed by atoms with Crippen LogP contribution in [0.2, 0.25) is 0 Å². The fourth-order valence-corrected chi connectivity index (χ4v) is 0.891. The van der Waals surface area contributed by atoms with Crippen molar-refractivity contribution in [3.63, 3.8) is 0 Å². The summed E-state index contributed by atoms with van der Waals surface area (Å²) in [5.41, 5.74) is 5.80. The van der Waals surface area contributed by atoms with E-state index in [2.05, 4.69) is 0 Å². The van der Waals surface area contributed by atoms with Gasteiger partial charge in [-0.05, 0) is 18.1 Å². The second-order valence-electron chi connectivity index (χ2n) is 3.39. The summed E-state index contributed by atoms with van der Waals surface area (Å²) >= 11 is 0. The van der Waals surface area contributed by atoms with Crippen LogP contribution in [-0.2, 0) is 0 Å². The topological polar surface area (TPSA) is 35.2 Å². The molecule has 0 amide bonds. The zero-order chi connectivity index (χ0) is 9.84. The Morgan fingerprint density at radius 1 is 1.46 bits per heavy atom. The van der Waals surface area contributed by atoms with E-state index in [1.807, 2.05) is 13.8 Å². The summed E-state index contributed by atoms with van der Waals surface area (Å²) in [6, 6.07) is 4.43. The molecule has 0 heterocycles. The van der Waals surface area contributed by atoms with Crippen molar-refractivity contribution in [2.24, 2.45) is 5.92 Å². The fourth-order valence-electron chi connectivity index (χ4n) is 0.891. The lowest BCUT2D eigenvalue weighted by atomic mass is 10.2. The van der Waals surface area contributed by atoms with Crippen LogP contribution in [0.25, 0.3) is 0 Å². The van der Waals surface area contributed by atoms with Crippen molar-refractivity contribution in [2.75, 3.05) is 12.3 Å². The van der Waals surface area contributed by atoms with Gasteiger partial charge in [-0.1, -0.05) is 13.8 Å². The van der Waals surface area contributed by atoms with Gasteiger partial charge in [0.1, 0.15) is 0 Å². The second-order valence-corrected chi connectivity index (χ2v) is 3.39. The van der Waals surface area contributed by atoms with Gasteiger partial charge in [0.15, 0.2) is 11.6 Å². The molecule has 0 bridgehead atoms. The fraction of sp³-hybridized carbons (Fsp3) is 0.400. The van der Waals surface area contributed by atoms with E-state index in [1.54, 1.807) is 12.1 Å². The van der Waals surface area contributed by atoms with Crippen LogP contribution in [0.5, 0.6) is 5.75 Å². The Hall–Kier alpha value is -1.25. The zero-order valence-corrected chi connectivity index (χ0v) is 7.88. The average molecular weight is 183 g/mol. The summed E-state index contributed by atoms with van der Waals surface area (Å²) in [6.07, 6.45) is 0. The van der Waals surface area contributed by atoms with E-state index < -0.39 is 5.82 Å². The highest BCUT2D eigenvalue weighted by atomic mass is 19.1. The number of ether oxygens (including phenoxy) is 1. The zero-order valence-electron chi connectivity index (χ0n) is 7.88. The third kappa shape index (κ3) is 2.93. The first-order valence-electron chi connectivity index (χ1n) is 4.27. The maximum Gasteiger partial charge on any atom is 0.167 e. The molecule has 0 spiro atoms. The van der Waals surface area contributed by atoms with Gasteiger partial charge in [-0.25, -0.2) is 4.39 Å². The molecule has 0 aromatic heterocycles. The molecule has 1 rings (SSSR count). The van der Waals surface area contributed by atoms with Crippen molar-refractivity contribution in [3.8, 4) is 5.75 Å². The minimum Gasteiger partial charge on any atom is -0.490 e. The molecule has 0 saturated carbocycles. The highest BCUT2D eigenvalue weighted by Crippen LogP contribution is 2.19. The van der Waals surface area contributed by atoms with Crippen LogP contribution >= 0.6 is 0 Å². The third-order valence-corrected chi connectivity index (χ3v) is 1.53. The van der Waals surface area contributed by atoms with Crippen molar-refractivity contribution in [2.45, 2.75) is 13.8 Å². The van der Waals surface area contributed by atoms with E-state index in [-0.39, 0.29) is 5.75 Å². The van der Waals surface area contributed by atoms with Crippen molar-refractivity contribution < 1.29 is 9.13 Å². The van der Waals surface area contributed by atoms with Crippen LogP contribution in [0, 0.1) is 11.7 Å². The first kappa shape index (κ1) is 9.84. The second kappa shape index (κ2) is 4.12. The molecule has 0 atom stereocenters. The van der Waals surface area contributed by atoms with Gasteiger partial charge in [-0.2, -0.15) is 0 Å². The molecule has 0 saturated heterocycles. The van der Waals surface area contributed by atoms with Crippen LogP contribution in [-0.4, -0.2) is 6.61 Å². The van der Waals surface area contributed by atoms with Gasteiger partial charge in [0.2, 0.25) is 0 Å². The Kier molecular flexibility index (Phi) is 3.12. The average Bonchev–Trinajstić information content (AvgIpc) is 2.02. The molecule has 2 N–H and O–H groups in total. The predicted octanol–water partition coefficient (Wildman–Crippen LogP) is 2.44. The van der Waals surface area contributed by atoms with Gasteiger partial charge >= 0.3 is 0 Å². The summed E-state index contributed by atoms with van der Waals surface area (Å²) in [6.45, 7) is 4.53. The van der Waals surface area contributed by atoms with E-state index in [0.717, 1.165) is 0 Å². The van der Waals surface area contributed by atoms with E-state index in [4.69, 9.17) is 10.5 Å². The smallest absolute Gasteiger partial charge is 0.167 e. The van der Waals surface area contributed by atoms with E-state index in [1.165, 1.54) is 6.07 Å². The monoisotopic (exact) mass is 183 g/mol. The van der Waals surface area contributed by atoms with Gasteiger partial charge < -0.3 is 10.5 Å². The molecule has 2 nitrogen and oxygen atoms in total. The van der Waals surface area contributed by atoms with Crippen LogP contribution in [0.3, 0.4) is 0 Å². The molecular weight excluding hydrogens is 169 g/mol. The minimum atomic E-state index is -0.402. The number of benzene rings is 1. The summed E-state index contributed by atoms with van der Waals surface area (Å²) in [7, 11) is 0. The van der Waals surface area contributed by atoms with Gasteiger partial charge in [0, 0.05) is 11.8 Å². The van der Waals surface area contributed by atoms with Crippen molar-refractivity contribution in [1.82, 2.24) is 0 Å². The number of rotatable bonds is 3. The van der Waals surface area contributed by atoms with Crippen molar-refractivity contribution >= 4 is 5.69 Å². The number of halogens is 1. The Labute approximate surface area is 77.5 Å². The lowest BCUT2D eigenvalue weighted by Gasteiger charge is -2.09. The Morgan fingerprint density at radius 2 is 2.15 bits per heavy atom. The first-order chi connectivity index (χ1) is 6.09. The molecule has 0 aliphatic carbocycles. The summed E-state index contributed by atoms with van der Waals surface area (Å²) in [5.74, 6) is 0.250. The molecule has 1 aromatic rings. The Balaban J connectivity index is 2.67. The third-order valence-electron chi connectivity index (χ3n) is 1.53. The van der Waals surface area contributed by atoms with Gasteiger partial charge in [-0.3, -0.25) is 0 Å². The normalized spacial score (nSPS) is 10.5. The molecule has 0 unspecified atom stereocenters. The SMILES string of the molecule is CC(C)COc1ccc(N)cc1F. The number of nitrogens with two attached hydrogens (primary N) is 1. The van der Waals surface area contributed by atoms with Crippen LogP contribution < -0.4 is 10.5 Å². The molecule has 0 aliphatic heterocycles. The lowest BCUT2D eigenvalue weighted by molar-refractivity contribution is 0.259. The van der Waals surface area contributed by atoms with E-state index in [0.29, 0.717) is 18.2 Å². The molecule has 13 heavy (non-hydrogen) atoms. The molecule has 0 aliphatic rings. The number of anilines is 1. The lowest BCUT2D eigenvalue weighted by Crippen LogP contribution is -2.05. The summed E-state index contributed by atoms with van der Waals surface area (Å²) in [4.78, 5) is 0. The van der Waals surface area contributed by atoms with Crippen LogP contribution in [0.4, 0.5) is 10.1 Å². The van der Waals surface area contributed by atoms with Crippen LogP contribution in [0.15, 0.2) is 18.2 Å². The minimum absolute atomic E-state index is 0.267. The first-order valence-corrected chi connectivity index (χ1v) is 4.27. The predicted molar refractivity (Wildman–Crippen MR) is 51.1 cm³/mol.